The highest BCUT2D eigenvalue weighted by molar-refractivity contribution is 5.90. The molecule has 1 aliphatic heterocycles. The minimum Gasteiger partial charge on any atom is -0.476 e. The van der Waals surface area contributed by atoms with Crippen molar-refractivity contribution in [3.63, 3.8) is 0 Å². The molecule has 3 N–H and O–H groups in total. The molecule has 214 valence electrons. The monoisotopic (exact) mass is 547 g/mol. The Morgan fingerprint density at radius 2 is 1.77 bits per heavy atom. The molecule has 0 bridgehead atoms. The Balaban J connectivity index is 1.39. The lowest BCUT2D eigenvalue weighted by molar-refractivity contribution is -0.0730. The molecule has 1 aromatic heterocycles. The number of carbonyl (C=O) groups is 1. The van der Waals surface area contributed by atoms with Gasteiger partial charge in [0, 0.05) is 12.5 Å². The Morgan fingerprint density at radius 1 is 1.10 bits per heavy atom. The fraction of sp³-hybridized carbons (Fsp3) is 0.484. The molecule has 3 atom stereocenters. The Hall–Kier alpha value is -3.40. The predicted molar refractivity (Wildman–Crippen MR) is 155 cm³/mol. The van der Waals surface area contributed by atoms with Crippen molar-refractivity contribution in [2.24, 2.45) is 5.92 Å². The number of benzene rings is 2. The number of rotatable bonds is 7. The van der Waals surface area contributed by atoms with E-state index in [1.165, 1.54) is 0 Å². The second kappa shape index (κ2) is 11.6. The highest BCUT2D eigenvalue weighted by atomic mass is 16.5. The Kier molecular flexibility index (Phi) is 8.16. The first-order valence-corrected chi connectivity index (χ1v) is 14.0. The number of fused-ring (bicyclic) bond motifs is 1. The van der Waals surface area contributed by atoms with E-state index in [1.54, 1.807) is 11.8 Å². The second-order valence-corrected chi connectivity index (χ2v) is 11.6. The van der Waals surface area contributed by atoms with E-state index in [4.69, 9.17) is 14.6 Å². The molecule has 1 unspecified atom stereocenters. The molecule has 0 radical (unpaired) electrons. The zero-order chi connectivity index (χ0) is 28.4. The number of para-hydroxylation sites is 1. The molecule has 5 rings (SSSR count). The lowest BCUT2D eigenvalue weighted by Gasteiger charge is -2.46. The van der Waals surface area contributed by atoms with Gasteiger partial charge in [-0.25, -0.2) is 9.48 Å². The molecule has 0 saturated carbocycles. The number of piperidine rings is 1. The summed E-state index contributed by atoms with van der Waals surface area (Å²) in [6, 6.07) is 16.4. The van der Waals surface area contributed by atoms with Gasteiger partial charge in [-0.1, -0.05) is 56.3 Å². The number of hydrogen-bond acceptors (Lipinski definition) is 6. The van der Waals surface area contributed by atoms with Gasteiger partial charge in [0.15, 0.2) is 0 Å². The number of likely N-dealkylation sites (tertiary alicyclic amines) is 1. The minimum atomic E-state index is -0.936. The number of hydrogen-bond donors (Lipinski definition) is 3. The van der Waals surface area contributed by atoms with Gasteiger partial charge in [-0.2, -0.15) is 0 Å². The van der Waals surface area contributed by atoms with Gasteiger partial charge in [0.1, 0.15) is 11.9 Å². The van der Waals surface area contributed by atoms with E-state index in [1.807, 2.05) is 75.4 Å². The number of aliphatic hydroxyl groups is 1. The SMILES string of the molecule is CO[C@H]1[C@@H](O)C(NC(=O)Nc2c(C)c(OCC3CCN(C)CC3)nn2-c2ccccc2)c2ccccc2C1(C)C. The van der Waals surface area contributed by atoms with Gasteiger partial charge in [-0.15, -0.1) is 5.10 Å². The Labute approximate surface area is 236 Å². The van der Waals surface area contributed by atoms with Crippen LogP contribution in [0.2, 0.25) is 0 Å². The van der Waals surface area contributed by atoms with E-state index in [0.29, 0.717) is 24.2 Å². The third-order valence-corrected chi connectivity index (χ3v) is 8.50. The maximum Gasteiger partial charge on any atom is 0.320 e. The molecule has 1 aliphatic carbocycles. The van der Waals surface area contributed by atoms with Gasteiger partial charge in [0.05, 0.1) is 30.0 Å². The third-order valence-electron chi connectivity index (χ3n) is 8.50. The summed E-state index contributed by atoms with van der Waals surface area (Å²) < 4.78 is 13.7. The molecule has 9 nitrogen and oxygen atoms in total. The first-order valence-electron chi connectivity index (χ1n) is 14.0. The van der Waals surface area contributed by atoms with Crippen LogP contribution in [0.25, 0.3) is 5.69 Å². The van der Waals surface area contributed by atoms with Crippen LogP contribution in [0.1, 0.15) is 49.4 Å². The molecule has 40 heavy (non-hydrogen) atoms. The summed E-state index contributed by atoms with van der Waals surface area (Å²) in [6.07, 6.45) is 0.748. The molecule has 0 spiro atoms. The van der Waals surface area contributed by atoms with Gasteiger partial charge in [0.2, 0.25) is 5.88 Å². The minimum absolute atomic E-state index is 0.429. The van der Waals surface area contributed by atoms with Crippen molar-refractivity contribution in [3.05, 3.63) is 71.3 Å². The number of nitrogens with zero attached hydrogens (tertiary/aromatic N) is 3. The number of aromatic nitrogens is 2. The van der Waals surface area contributed by atoms with E-state index in [-0.39, 0.29) is 0 Å². The van der Waals surface area contributed by atoms with E-state index in [0.717, 1.165) is 48.3 Å². The molecule has 1 saturated heterocycles. The van der Waals surface area contributed by atoms with Crippen LogP contribution in [0.15, 0.2) is 54.6 Å². The van der Waals surface area contributed by atoms with Crippen molar-refractivity contribution < 1.29 is 19.4 Å². The van der Waals surface area contributed by atoms with E-state index >= 15 is 0 Å². The van der Waals surface area contributed by atoms with Crippen LogP contribution in [-0.2, 0) is 10.2 Å². The number of anilines is 1. The molecule has 3 aromatic rings. The first-order chi connectivity index (χ1) is 19.2. The quantitative estimate of drug-likeness (QED) is 0.405. The number of urea groups is 1. The van der Waals surface area contributed by atoms with E-state index in [9.17, 15) is 9.90 Å². The summed E-state index contributed by atoms with van der Waals surface area (Å²) in [5.41, 5.74) is 3.03. The summed E-state index contributed by atoms with van der Waals surface area (Å²) in [6.45, 7) is 8.72. The average molecular weight is 548 g/mol. The Bertz CT molecular complexity index is 1320. The predicted octanol–water partition coefficient (Wildman–Crippen LogP) is 4.43. The summed E-state index contributed by atoms with van der Waals surface area (Å²) in [4.78, 5) is 15.8. The van der Waals surface area contributed by atoms with Crippen molar-refractivity contribution >= 4 is 11.8 Å². The van der Waals surface area contributed by atoms with Crippen molar-refractivity contribution in [2.45, 2.75) is 57.3 Å². The summed E-state index contributed by atoms with van der Waals surface area (Å²) >= 11 is 0. The normalized spacial score (nSPS) is 22.9. The Morgan fingerprint density at radius 3 is 2.48 bits per heavy atom. The van der Waals surface area contributed by atoms with Crippen LogP contribution in [0.4, 0.5) is 10.6 Å². The van der Waals surface area contributed by atoms with Gasteiger partial charge < -0.3 is 24.8 Å². The molecule has 2 aliphatic rings. The standard InChI is InChI=1S/C31H41N5O4/c1-20-28(33-30(38)32-25-23-13-9-10-14-24(23)31(2,3)27(39-5)26(25)37)36(22-11-7-6-8-12-22)34-29(20)40-19-21-15-17-35(4)18-16-21/h6-14,21,25-27,37H,15-19H2,1-5H3,(H2,32,33,38)/t25?,26-,27-/m0/s1. The third kappa shape index (κ3) is 5.46. The first kappa shape index (κ1) is 28.1. The van der Waals surface area contributed by atoms with Crippen molar-refractivity contribution in [2.75, 3.05) is 39.2 Å². The molecular formula is C31H41N5O4. The molecule has 1 fully saturated rings. The summed E-state index contributed by atoms with van der Waals surface area (Å²) in [7, 11) is 3.74. The number of carbonyl (C=O) groups excluding carboxylic acids is 1. The number of nitrogens with one attached hydrogen (secondary N) is 2. The maximum atomic E-state index is 13.5. The van der Waals surface area contributed by atoms with Crippen molar-refractivity contribution in [1.29, 1.82) is 0 Å². The number of amides is 2. The van der Waals surface area contributed by atoms with Crippen molar-refractivity contribution in [3.8, 4) is 11.6 Å². The maximum absolute atomic E-state index is 13.5. The van der Waals surface area contributed by atoms with E-state index < -0.39 is 29.7 Å². The van der Waals surface area contributed by atoms with Gasteiger partial charge in [0.25, 0.3) is 0 Å². The molecule has 9 heteroatoms. The molecule has 2 heterocycles. The smallest absolute Gasteiger partial charge is 0.320 e. The van der Waals surface area contributed by atoms with Crippen molar-refractivity contribution in [1.82, 2.24) is 20.0 Å². The lowest BCUT2D eigenvalue weighted by Crippen LogP contribution is -2.55. The van der Waals surface area contributed by atoms with Crippen LogP contribution in [-0.4, -0.2) is 71.9 Å². The number of ether oxygens (including phenoxy) is 2. The zero-order valence-corrected chi connectivity index (χ0v) is 24.1. The highest BCUT2D eigenvalue weighted by Crippen LogP contribution is 2.43. The number of aliphatic hydroxyl groups excluding tert-OH is 1. The van der Waals surface area contributed by atoms with Gasteiger partial charge in [-0.3, -0.25) is 5.32 Å². The van der Waals surface area contributed by atoms with Gasteiger partial charge in [-0.05, 0) is 69.1 Å². The highest BCUT2D eigenvalue weighted by Gasteiger charge is 2.47. The fourth-order valence-corrected chi connectivity index (χ4v) is 6.12. The lowest BCUT2D eigenvalue weighted by atomic mass is 9.67. The van der Waals surface area contributed by atoms with Crippen LogP contribution in [0, 0.1) is 12.8 Å². The van der Waals surface area contributed by atoms with Gasteiger partial charge >= 0.3 is 6.03 Å². The second-order valence-electron chi connectivity index (χ2n) is 11.6. The number of methoxy groups -OCH3 is 1. The van der Waals surface area contributed by atoms with Crippen LogP contribution >= 0.6 is 0 Å². The summed E-state index contributed by atoms with van der Waals surface area (Å²) in [5, 5.41) is 22.1. The zero-order valence-electron chi connectivity index (χ0n) is 24.1. The van der Waals surface area contributed by atoms with E-state index in [2.05, 4.69) is 22.6 Å². The summed E-state index contributed by atoms with van der Waals surface area (Å²) in [5.74, 6) is 1.50. The molecular weight excluding hydrogens is 506 g/mol. The molecule has 2 amide bonds. The molecule has 2 aromatic carbocycles. The van der Waals surface area contributed by atoms with Crippen LogP contribution in [0.3, 0.4) is 0 Å². The van der Waals surface area contributed by atoms with Crippen LogP contribution in [0.5, 0.6) is 5.88 Å². The topological polar surface area (TPSA) is 101 Å². The van der Waals surface area contributed by atoms with Crippen LogP contribution < -0.4 is 15.4 Å². The largest absolute Gasteiger partial charge is 0.476 e. The fourth-order valence-electron chi connectivity index (χ4n) is 6.12. The average Bonchev–Trinajstić information content (AvgIpc) is 3.26.